The summed E-state index contributed by atoms with van der Waals surface area (Å²) in [6.07, 6.45) is 6.67. The van der Waals surface area contributed by atoms with E-state index in [2.05, 4.69) is 47.3 Å². The Labute approximate surface area is 189 Å². The number of carbonyl (C=O) groups is 1. The molecule has 0 radical (unpaired) electrons. The molecule has 7 heteroatoms. The minimum absolute atomic E-state index is 0.00686. The van der Waals surface area contributed by atoms with Crippen LogP contribution in [0, 0.1) is 6.92 Å². The topological polar surface area (TPSA) is 67.2 Å². The Morgan fingerprint density at radius 1 is 1.09 bits per heavy atom. The summed E-state index contributed by atoms with van der Waals surface area (Å²) in [6.45, 7) is 4.77. The van der Waals surface area contributed by atoms with Crippen molar-refractivity contribution in [3.8, 4) is 0 Å². The molecule has 1 amide bonds. The minimum atomic E-state index is -0.0840. The molecule has 3 aromatic rings. The average Bonchev–Trinajstić information content (AvgIpc) is 3.47. The molecule has 0 unspecified atom stereocenters. The molecule has 1 saturated heterocycles. The fourth-order valence-electron chi connectivity index (χ4n) is 4.99. The molecule has 0 N–H and O–H groups in total. The van der Waals surface area contributed by atoms with E-state index in [1.54, 1.807) is 16.9 Å². The Morgan fingerprint density at radius 3 is 2.72 bits per heavy atom. The second kappa shape index (κ2) is 8.73. The van der Waals surface area contributed by atoms with Gasteiger partial charge in [0.25, 0.3) is 5.91 Å². The highest BCUT2D eigenvalue weighted by Crippen LogP contribution is 2.35. The zero-order chi connectivity index (χ0) is 22.1. The summed E-state index contributed by atoms with van der Waals surface area (Å²) in [5.41, 5.74) is 4.26. The van der Waals surface area contributed by atoms with Crippen molar-refractivity contribution >= 4 is 11.7 Å². The van der Waals surface area contributed by atoms with Crippen LogP contribution in [0.25, 0.3) is 0 Å². The van der Waals surface area contributed by atoms with Crippen molar-refractivity contribution in [2.75, 3.05) is 24.5 Å². The van der Waals surface area contributed by atoms with Crippen LogP contribution >= 0.6 is 0 Å². The molecule has 1 aromatic carbocycles. The van der Waals surface area contributed by atoms with Gasteiger partial charge < -0.3 is 9.80 Å². The van der Waals surface area contributed by atoms with Gasteiger partial charge in [0, 0.05) is 44.1 Å². The lowest BCUT2D eigenvalue weighted by Gasteiger charge is -2.32. The maximum Gasteiger partial charge on any atom is 0.272 e. The standard InChI is InChI=1S/C25H30N6O/c1-18-20-10-6-15-30(17-13-19-8-4-3-5-9-19)24(20)28-23(27-18)21-11-7-16-31(21)25(32)22-12-14-26-29(22)2/h3-5,8-9,12,14,21H,6-7,10-11,13,15-17H2,1-2H3/t21-/m0/s1. The number of aryl methyl sites for hydroxylation is 2. The molecule has 0 aliphatic carbocycles. The zero-order valence-corrected chi connectivity index (χ0v) is 18.9. The van der Waals surface area contributed by atoms with Crippen LogP contribution in [0.2, 0.25) is 0 Å². The molecule has 7 nitrogen and oxygen atoms in total. The zero-order valence-electron chi connectivity index (χ0n) is 18.9. The molecule has 0 saturated carbocycles. The van der Waals surface area contributed by atoms with Crippen molar-refractivity contribution in [3.05, 3.63) is 70.9 Å². The van der Waals surface area contributed by atoms with Gasteiger partial charge in [-0.2, -0.15) is 5.10 Å². The van der Waals surface area contributed by atoms with Crippen LogP contribution < -0.4 is 4.90 Å². The third-order valence-corrected chi connectivity index (χ3v) is 6.73. The van der Waals surface area contributed by atoms with Gasteiger partial charge in [-0.3, -0.25) is 9.48 Å². The van der Waals surface area contributed by atoms with Crippen LogP contribution in [-0.2, 0) is 19.9 Å². The monoisotopic (exact) mass is 430 g/mol. The highest BCUT2D eigenvalue weighted by molar-refractivity contribution is 5.93. The third kappa shape index (κ3) is 3.87. The molecule has 32 heavy (non-hydrogen) atoms. The number of aromatic nitrogens is 4. The second-order valence-corrected chi connectivity index (χ2v) is 8.79. The number of benzene rings is 1. The van der Waals surface area contributed by atoms with Gasteiger partial charge in [0.2, 0.25) is 0 Å². The van der Waals surface area contributed by atoms with Crippen LogP contribution in [0.4, 0.5) is 5.82 Å². The van der Waals surface area contributed by atoms with Gasteiger partial charge in [0.15, 0.2) is 5.82 Å². The maximum atomic E-state index is 13.2. The van der Waals surface area contributed by atoms with Crippen molar-refractivity contribution in [2.24, 2.45) is 7.05 Å². The summed E-state index contributed by atoms with van der Waals surface area (Å²) in [4.78, 5) is 27.5. The number of anilines is 1. The molecule has 4 heterocycles. The van der Waals surface area contributed by atoms with Crippen LogP contribution in [0.3, 0.4) is 0 Å². The van der Waals surface area contributed by atoms with Gasteiger partial charge >= 0.3 is 0 Å². The fourth-order valence-corrected chi connectivity index (χ4v) is 4.99. The highest BCUT2D eigenvalue weighted by Gasteiger charge is 2.35. The van der Waals surface area contributed by atoms with Crippen molar-refractivity contribution in [2.45, 2.75) is 45.1 Å². The fraction of sp³-hybridized carbons (Fsp3) is 0.440. The summed E-state index contributed by atoms with van der Waals surface area (Å²) in [6, 6.07) is 12.3. The van der Waals surface area contributed by atoms with Crippen molar-refractivity contribution < 1.29 is 4.79 Å². The van der Waals surface area contributed by atoms with E-state index in [9.17, 15) is 4.79 Å². The summed E-state index contributed by atoms with van der Waals surface area (Å²) < 4.78 is 1.64. The first kappa shape index (κ1) is 20.7. The number of nitrogens with zero attached hydrogens (tertiary/aromatic N) is 6. The number of carbonyl (C=O) groups excluding carboxylic acids is 1. The summed E-state index contributed by atoms with van der Waals surface area (Å²) in [7, 11) is 1.81. The Hall–Kier alpha value is -3.22. The van der Waals surface area contributed by atoms with Gasteiger partial charge in [-0.05, 0) is 50.7 Å². The van der Waals surface area contributed by atoms with Crippen molar-refractivity contribution in [3.63, 3.8) is 0 Å². The molecule has 2 aliphatic rings. The summed E-state index contributed by atoms with van der Waals surface area (Å²) >= 11 is 0. The van der Waals surface area contributed by atoms with E-state index in [0.717, 1.165) is 69.1 Å². The van der Waals surface area contributed by atoms with Gasteiger partial charge in [0.1, 0.15) is 11.5 Å². The third-order valence-electron chi connectivity index (χ3n) is 6.73. The van der Waals surface area contributed by atoms with Crippen molar-refractivity contribution in [1.29, 1.82) is 0 Å². The van der Waals surface area contributed by atoms with Crippen LogP contribution in [0.1, 0.15) is 58.4 Å². The van der Waals surface area contributed by atoms with E-state index in [1.807, 2.05) is 11.9 Å². The summed E-state index contributed by atoms with van der Waals surface area (Å²) in [5, 5.41) is 4.17. The van der Waals surface area contributed by atoms with E-state index in [0.29, 0.717) is 5.69 Å². The number of hydrogen-bond acceptors (Lipinski definition) is 5. The van der Waals surface area contributed by atoms with E-state index in [4.69, 9.17) is 9.97 Å². The summed E-state index contributed by atoms with van der Waals surface area (Å²) in [5.74, 6) is 1.85. The SMILES string of the molecule is Cc1nc([C@@H]2CCCN2C(=O)c2ccnn2C)nc2c1CCCN2CCc1ccccc1. The lowest BCUT2D eigenvalue weighted by atomic mass is 10.0. The largest absolute Gasteiger partial charge is 0.356 e. The predicted molar refractivity (Wildman–Crippen MR) is 124 cm³/mol. The van der Waals surface area contributed by atoms with Crippen molar-refractivity contribution in [1.82, 2.24) is 24.6 Å². The smallest absolute Gasteiger partial charge is 0.272 e. The Bertz CT molecular complexity index is 1110. The quantitative estimate of drug-likeness (QED) is 0.620. The number of amides is 1. The molecule has 5 rings (SSSR count). The average molecular weight is 431 g/mol. The minimum Gasteiger partial charge on any atom is -0.356 e. The Morgan fingerprint density at radius 2 is 1.94 bits per heavy atom. The molecule has 1 atom stereocenters. The molecule has 2 aliphatic heterocycles. The Kier molecular flexibility index (Phi) is 5.64. The number of rotatable bonds is 5. The van der Waals surface area contributed by atoms with E-state index >= 15 is 0 Å². The number of fused-ring (bicyclic) bond motifs is 1. The van der Waals surface area contributed by atoms with Gasteiger partial charge in [0.05, 0.1) is 6.04 Å². The van der Waals surface area contributed by atoms with Crippen LogP contribution in [-0.4, -0.2) is 50.2 Å². The van der Waals surface area contributed by atoms with Gasteiger partial charge in [-0.15, -0.1) is 0 Å². The number of likely N-dealkylation sites (tertiary alicyclic amines) is 1. The predicted octanol–water partition coefficient (Wildman–Crippen LogP) is 3.49. The van der Waals surface area contributed by atoms with Crippen LogP contribution in [0.5, 0.6) is 0 Å². The number of hydrogen-bond donors (Lipinski definition) is 0. The molecular formula is C25H30N6O. The van der Waals surface area contributed by atoms with Crippen LogP contribution in [0.15, 0.2) is 42.6 Å². The maximum absolute atomic E-state index is 13.2. The molecular weight excluding hydrogens is 400 g/mol. The van der Waals surface area contributed by atoms with E-state index in [1.165, 1.54) is 11.1 Å². The van der Waals surface area contributed by atoms with E-state index < -0.39 is 0 Å². The first-order chi connectivity index (χ1) is 15.6. The lowest BCUT2D eigenvalue weighted by molar-refractivity contribution is 0.0718. The van der Waals surface area contributed by atoms with Gasteiger partial charge in [-0.25, -0.2) is 9.97 Å². The molecule has 0 bridgehead atoms. The second-order valence-electron chi connectivity index (χ2n) is 8.79. The molecule has 166 valence electrons. The van der Waals surface area contributed by atoms with E-state index in [-0.39, 0.29) is 11.9 Å². The first-order valence-corrected chi connectivity index (χ1v) is 11.6. The molecule has 2 aromatic heterocycles. The molecule has 0 spiro atoms. The first-order valence-electron chi connectivity index (χ1n) is 11.6. The normalized spacial score (nSPS) is 18.1. The highest BCUT2D eigenvalue weighted by atomic mass is 16.2. The molecule has 1 fully saturated rings. The Balaban J connectivity index is 1.42. The van der Waals surface area contributed by atoms with Gasteiger partial charge in [-0.1, -0.05) is 30.3 Å². The lowest BCUT2D eigenvalue weighted by Crippen LogP contribution is -2.35.